The molecule has 1 aliphatic rings. The molecule has 4 atom stereocenters. The largest absolute Gasteiger partial charge is 0.492 e. The van der Waals surface area contributed by atoms with Crippen molar-refractivity contribution < 1.29 is 28.9 Å². The zero-order chi connectivity index (χ0) is 18.8. The van der Waals surface area contributed by atoms with E-state index in [2.05, 4.69) is 20.3 Å². The van der Waals surface area contributed by atoms with Crippen molar-refractivity contribution in [3.05, 3.63) is 18.1 Å². The lowest BCUT2D eigenvalue weighted by Crippen LogP contribution is -2.41. The van der Waals surface area contributed by atoms with E-state index in [1.165, 1.54) is 27.3 Å². The Kier molecular flexibility index (Phi) is 5.05. The molecule has 1 aliphatic heterocycles. The normalized spacial score (nSPS) is 25.3. The summed E-state index contributed by atoms with van der Waals surface area (Å²) in [6.45, 7) is 2.63. The van der Waals surface area contributed by atoms with Crippen LogP contribution in [0.3, 0.4) is 0 Å². The highest BCUT2D eigenvalue weighted by Gasteiger charge is 2.47. The number of fused-ring (bicyclic) bond motifs is 1. The summed E-state index contributed by atoms with van der Waals surface area (Å²) in [6, 6.07) is -0.869. The molecule has 0 radical (unpaired) electrons. The van der Waals surface area contributed by atoms with Gasteiger partial charge in [-0.3, -0.25) is 14.9 Å². The van der Waals surface area contributed by atoms with Crippen LogP contribution in [-0.4, -0.2) is 64.0 Å². The first-order valence-electron chi connectivity index (χ1n) is 8.02. The van der Waals surface area contributed by atoms with Gasteiger partial charge >= 0.3 is 11.9 Å². The maximum atomic E-state index is 11.5. The van der Waals surface area contributed by atoms with Gasteiger partial charge in [-0.15, -0.1) is 0 Å². The molecular formula is C16H20N4O6. The summed E-state index contributed by atoms with van der Waals surface area (Å²) in [6.07, 6.45) is 1.73. The highest BCUT2D eigenvalue weighted by Crippen LogP contribution is 2.35. The molecule has 0 unspecified atom stereocenters. The Balaban J connectivity index is 1.95. The maximum Gasteiger partial charge on any atom is 0.303 e. The van der Waals surface area contributed by atoms with E-state index in [1.807, 2.05) is 0 Å². The van der Waals surface area contributed by atoms with Crippen molar-refractivity contribution in [1.29, 1.82) is 0 Å². The minimum atomic E-state index is -0.665. The van der Waals surface area contributed by atoms with Crippen molar-refractivity contribution in [2.75, 3.05) is 13.7 Å². The lowest BCUT2D eigenvalue weighted by molar-refractivity contribution is -0.154. The Labute approximate surface area is 148 Å². The molecule has 0 bridgehead atoms. The number of carbonyl (C=O) groups excluding carboxylic acids is 2. The van der Waals surface area contributed by atoms with Gasteiger partial charge in [-0.1, -0.05) is 0 Å². The van der Waals surface area contributed by atoms with Gasteiger partial charge in [0.05, 0.1) is 12.1 Å². The summed E-state index contributed by atoms with van der Waals surface area (Å²) in [7, 11) is 1.51. The van der Waals surface area contributed by atoms with Crippen LogP contribution in [0.4, 0.5) is 0 Å². The average Bonchev–Trinajstić information content (AvgIpc) is 3.14. The average molecular weight is 364 g/mol. The molecule has 3 rings (SSSR count). The monoisotopic (exact) mass is 364 g/mol. The molecule has 3 heterocycles. The number of aromatic hydroxyl groups is 1. The van der Waals surface area contributed by atoms with Crippen LogP contribution in [0.1, 0.15) is 25.5 Å². The van der Waals surface area contributed by atoms with Crippen LogP contribution in [-0.2, 0) is 23.8 Å². The molecule has 1 saturated heterocycles. The van der Waals surface area contributed by atoms with Crippen molar-refractivity contribution in [2.45, 2.75) is 38.1 Å². The fraction of sp³-hybridized carbons (Fsp3) is 0.500. The number of nitrogens with zero attached hydrogens (tertiary/aromatic N) is 2. The number of esters is 2. The lowest BCUT2D eigenvalue weighted by atomic mass is 10.0. The predicted molar refractivity (Wildman–Crippen MR) is 88.2 cm³/mol. The number of aromatic amines is 1. The summed E-state index contributed by atoms with van der Waals surface area (Å²) in [4.78, 5) is 33.6. The number of methoxy groups -OCH3 is 1. The first-order chi connectivity index (χ1) is 12.4. The van der Waals surface area contributed by atoms with Gasteiger partial charge in [0.1, 0.15) is 36.2 Å². The second-order valence-electron chi connectivity index (χ2n) is 5.99. The number of carbonyl (C=O) groups is 2. The quantitative estimate of drug-likeness (QED) is 0.635. The molecule has 0 aliphatic carbocycles. The minimum absolute atomic E-state index is 0.0201. The van der Waals surface area contributed by atoms with Crippen LogP contribution >= 0.6 is 0 Å². The molecule has 10 heteroatoms. The molecule has 0 saturated carbocycles. The fourth-order valence-electron chi connectivity index (χ4n) is 3.25. The second-order valence-corrected chi connectivity index (χ2v) is 5.99. The molecule has 3 N–H and O–H groups in total. The molecule has 0 spiro atoms. The van der Waals surface area contributed by atoms with E-state index in [-0.39, 0.29) is 12.5 Å². The number of hydrogen-bond acceptors (Lipinski definition) is 9. The zero-order valence-corrected chi connectivity index (χ0v) is 14.6. The Morgan fingerprint density at radius 3 is 2.65 bits per heavy atom. The molecule has 140 valence electrons. The highest BCUT2D eigenvalue weighted by atomic mass is 16.6. The molecule has 2 aromatic rings. The van der Waals surface area contributed by atoms with Crippen LogP contribution in [0, 0.1) is 0 Å². The van der Waals surface area contributed by atoms with Crippen LogP contribution in [0.15, 0.2) is 12.5 Å². The van der Waals surface area contributed by atoms with Gasteiger partial charge in [0.15, 0.2) is 0 Å². The first kappa shape index (κ1) is 18.1. The van der Waals surface area contributed by atoms with Crippen molar-refractivity contribution >= 4 is 23.0 Å². The second kappa shape index (κ2) is 7.26. The molecule has 2 aromatic heterocycles. The van der Waals surface area contributed by atoms with E-state index >= 15 is 0 Å². The summed E-state index contributed by atoms with van der Waals surface area (Å²) in [5.74, 6) is -1.07. The van der Waals surface area contributed by atoms with Gasteiger partial charge in [-0.05, 0) is 0 Å². The van der Waals surface area contributed by atoms with E-state index in [9.17, 15) is 14.7 Å². The summed E-state index contributed by atoms with van der Waals surface area (Å²) >= 11 is 0. The van der Waals surface area contributed by atoms with E-state index in [4.69, 9.17) is 14.2 Å². The topological polar surface area (TPSA) is 136 Å². The molecule has 0 aromatic carbocycles. The van der Waals surface area contributed by atoms with E-state index < -0.39 is 36.2 Å². The fourth-order valence-corrected chi connectivity index (χ4v) is 3.25. The van der Waals surface area contributed by atoms with Gasteiger partial charge < -0.3 is 24.3 Å². The van der Waals surface area contributed by atoms with Crippen LogP contribution in [0.5, 0.6) is 5.88 Å². The Morgan fingerprint density at radius 1 is 1.23 bits per heavy atom. The molecule has 1 fully saturated rings. The summed E-state index contributed by atoms with van der Waals surface area (Å²) < 4.78 is 16.1. The van der Waals surface area contributed by atoms with Gasteiger partial charge in [0.2, 0.25) is 5.88 Å². The Morgan fingerprint density at radius 2 is 2.00 bits per heavy atom. The third-order valence-electron chi connectivity index (χ3n) is 4.29. The van der Waals surface area contributed by atoms with Gasteiger partial charge in [0, 0.05) is 32.7 Å². The molecule has 26 heavy (non-hydrogen) atoms. The van der Waals surface area contributed by atoms with Gasteiger partial charge in [-0.25, -0.2) is 9.97 Å². The maximum absolute atomic E-state index is 11.5. The van der Waals surface area contributed by atoms with Crippen LogP contribution < -0.4 is 5.32 Å². The van der Waals surface area contributed by atoms with Crippen LogP contribution in [0.2, 0.25) is 0 Å². The number of ether oxygens (including phenoxy) is 3. The number of H-pyrrole nitrogens is 1. The van der Waals surface area contributed by atoms with E-state index in [0.717, 1.165) is 0 Å². The SMILES string of the molecule is CO[C@@H]1[C@H](OC(C)=O)[C@@H](COC(C)=O)N[C@H]1c1c[nH]c2c(O)ncnc12. The first-order valence-corrected chi connectivity index (χ1v) is 8.02. The number of nitrogens with one attached hydrogen (secondary N) is 2. The predicted octanol–water partition coefficient (Wildman–Crippen LogP) is 0.186. The van der Waals surface area contributed by atoms with Crippen molar-refractivity contribution in [2.24, 2.45) is 0 Å². The highest BCUT2D eigenvalue weighted by molar-refractivity contribution is 5.83. The number of rotatable bonds is 5. The van der Waals surface area contributed by atoms with Gasteiger partial charge in [0.25, 0.3) is 0 Å². The Bertz CT molecular complexity index is 822. The number of aromatic nitrogens is 3. The number of hydrogen-bond donors (Lipinski definition) is 3. The lowest BCUT2D eigenvalue weighted by Gasteiger charge is -2.23. The molecule has 0 amide bonds. The van der Waals surface area contributed by atoms with E-state index in [0.29, 0.717) is 16.6 Å². The van der Waals surface area contributed by atoms with Crippen LogP contribution in [0.25, 0.3) is 11.0 Å². The smallest absolute Gasteiger partial charge is 0.303 e. The molecular weight excluding hydrogens is 344 g/mol. The summed E-state index contributed by atoms with van der Waals surface area (Å²) in [5, 5.41) is 13.1. The molecule has 10 nitrogen and oxygen atoms in total. The van der Waals surface area contributed by atoms with Crippen molar-refractivity contribution in [3.8, 4) is 5.88 Å². The summed E-state index contributed by atoms with van der Waals surface area (Å²) in [5.41, 5.74) is 1.63. The van der Waals surface area contributed by atoms with Gasteiger partial charge in [-0.2, -0.15) is 0 Å². The third kappa shape index (κ3) is 3.33. The van der Waals surface area contributed by atoms with E-state index in [1.54, 1.807) is 6.20 Å². The minimum Gasteiger partial charge on any atom is -0.492 e. The third-order valence-corrected chi connectivity index (χ3v) is 4.29. The zero-order valence-electron chi connectivity index (χ0n) is 14.6. The standard InChI is InChI=1S/C16H20N4O6/c1-7(21)25-5-10-14(26-8(2)22)15(24-3)12(20-10)9-4-17-13-11(9)18-6-19-16(13)23/h4,6,10,12,14-15,17,20H,5H2,1-3H3,(H,18,19,23)/t10-,12+,14-,15+/m1/s1. The van der Waals surface area contributed by atoms with Crippen molar-refractivity contribution in [3.63, 3.8) is 0 Å². The Hall–Kier alpha value is -2.72. The van der Waals surface area contributed by atoms with Crippen molar-refractivity contribution in [1.82, 2.24) is 20.3 Å².